The van der Waals surface area contributed by atoms with Gasteiger partial charge in [0.25, 0.3) is 0 Å². The second kappa shape index (κ2) is 4.07. The lowest BCUT2D eigenvalue weighted by Crippen LogP contribution is -1.89. The van der Waals surface area contributed by atoms with Gasteiger partial charge in [-0.25, -0.2) is 0 Å². The van der Waals surface area contributed by atoms with Gasteiger partial charge in [0.05, 0.1) is 5.52 Å². The van der Waals surface area contributed by atoms with Gasteiger partial charge in [-0.15, -0.1) is 0 Å². The summed E-state index contributed by atoms with van der Waals surface area (Å²) in [5.74, 6) is 0. The molecule has 0 atom stereocenters. The Hall–Kier alpha value is -0.930. The van der Waals surface area contributed by atoms with Gasteiger partial charge in [0.15, 0.2) is 0 Å². The Morgan fingerprint density at radius 2 is 1.65 bits per heavy atom. The summed E-state index contributed by atoms with van der Waals surface area (Å²) in [5, 5.41) is 3.63. The van der Waals surface area contributed by atoms with Crippen LogP contribution >= 0.6 is 31.9 Å². The highest BCUT2D eigenvalue weighted by Gasteiger charge is 2.08. The van der Waals surface area contributed by atoms with Gasteiger partial charge < -0.3 is 0 Å². The van der Waals surface area contributed by atoms with Gasteiger partial charge in [-0.05, 0) is 40.4 Å². The molecule has 0 radical (unpaired) electrons. The molecule has 0 fully saturated rings. The molecular weight excluding hydrogens is 342 g/mol. The zero-order valence-electron chi connectivity index (χ0n) is 9.17. The van der Waals surface area contributed by atoms with Crippen LogP contribution in [0.4, 0.5) is 0 Å². The number of benzene rings is 2. The van der Waals surface area contributed by atoms with Crippen LogP contribution in [0.3, 0.4) is 0 Å². The highest BCUT2D eigenvalue weighted by Crippen LogP contribution is 2.33. The number of hydrogen-bond acceptors (Lipinski definition) is 1. The Balaban J connectivity index is 2.63. The first-order chi connectivity index (χ1) is 8.16. The molecule has 1 nitrogen and oxygen atoms in total. The van der Waals surface area contributed by atoms with Crippen molar-refractivity contribution in [2.75, 3.05) is 0 Å². The fourth-order valence-electron chi connectivity index (χ4n) is 2.15. The first-order valence-corrected chi connectivity index (χ1v) is 6.89. The molecular formula is C14H9Br2N. The van der Waals surface area contributed by atoms with Crippen molar-refractivity contribution in [2.24, 2.45) is 0 Å². The van der Waals surface area contributed by atoms with E-state index < -0.39 is 0 Å². The molecule has 0 saturated carbocycles. The Morgan fingerprint density at radius 3 is 2.41 bits per heavy atom. The van der Waals surface area contributed by atoms with Crippen molar-refractivity contribution in [1.29, 1.82) is 0 Å². The molecule has 0 aliphatic carbocycles. The van der Waals surface area contributed by atoms with Gasteiger partial charge in [0.2, 0.25) is 0 Å². The average Bonchev–Trinajstić information content (AvgIpc) is 2.31. The number of halogens is 2. The molecule has 0 spiro atoms. The van der Waals surface area contributed by atoms with E-state index in [1.165, 1.54) is 16.2 Å². The summed E-state index contributed by atoms with van der Waals surface area (Å²) < 4.78 is 2.09. The summed E-state index contributed by atoms with van der Waals surface area (Å²) in [5.41, 5.74) is 2.08. The second-order valence-electron chi connectivity index (χ2n) is 4.03. The summed E-state index contributed by atoms with van der Waals surface area (Å²) in [6.45, 7) is 2.05. The normalized spacial score (nSPS) is 11.2. The van der Waals surface area contributed by atoms with Crippen LogP contribution in [0.1, 0.15) is 5.69 Å². The molecule has 0 unspecified atom stereocenters. The highest BCUT2D eigenvalue weighted by atomic mass is 79.9. The van der Waals surface area contributed by atoms with Crippen LogP contribution < -0.4 is 0 Å². The Morgan fingerprint density at radius 1 is 0.941 bits per heavy atom. The molecule has 0 amide bonds. The van der Waals surface area contributed by atoms with Gasteiger partial charge >= 0.3 is 0 Å². The third-order valence-electron chi connectivity index (χ3n) is 2.91. The first-order valence-electron chi connectivity index (χ1n) is 5.31. The van der Waals surface area contributed by atoms with Crippen molar-refractivity contribution in [1.82, 2.24) is 4.98 Å². The quantitative estimate of drug-likeness (QED) is 0.506. The summed E-state index contributed by atoms with van der Waals surface area (Å²) in [6, 6.07) is 12.5. The van der Waals surface area contributed by atoms with Crippen molar-refractivity contribution < 1.29 is 0 Å². The molecule has 17 heavy (non-hydrogen) atoms. The Labute approximate surface area is 116 Å². The van der Waals surface area contributed by atoms with Crippen LogP contribution in [-0.4, -0.2) is 4.98 Å². The van der Waals surface area contributed by atoms with E-state index in [-0.39, 0.29) is 0 Å². The molecule has 0 aliphatic heterocycles. The molecule has 3 heteroatoms. The minimum absolute atomic E-state index is 1.02. The van der Waals surface area contributed by atoms with Crippen molar-refractivity contribution in [3.8, 4) is 0 Å². The maximum absolute atomic E-state index is 4.68. The summed E-state index contributed by atoms with van der Waals surface area (Å²) in [7, 11) is 0. The molecule has 1 aromatic heterocycles. The van der Waals surface area contributed by atoms with Crippen molar-refractivity contribution in [3.63, 3.8) is 0 Å². The average molecular weight is 351 g/mol. The Kier molecular flexibility index (Phi) is 2.68. The maximum atomic E-state index is 4.68. The minimum atomic E-state index is 1.02. The van der Waals surface area contributed by atoms with Gasteiger partial charge in [-0.3, -0.25) is 4.98 Å². The molecule has 2 aromatic carbocycles. The molecule has 0 aliphatic rings. The van der Waals surface area contributed by atoms with E-state index in [0.717, 1.165) is 20.2 Å². The molecule has 0 saturated heterocycles. The molecule has 0 bridgehead atoms. The lowest BCUT2D eigenvalue weighted by Gasteiger charge is -2.08. The third-order valence-corrected chi connectivity index (χ3v) is 3.98. The predicted molar refractivity (Wildman–Crippen MR) is 79.4 cm³/mol. The number of rotatable bonds is 0. The molecule has 84 valence electrons. The van der Waals surface area contributed by atoms with Crippen LogP contribution in [0.25, 0.3) is 21.7 Å². The van der Waals surface area contributed by atoms with Crippen LogP contribution in [-0.2, 0) is 0 Å². The molecule has 3 aromatic rings. The predicted octanol–water partition coefficient (Wildman–Crippen LogP) is 5.22. The van der Waals surface area contributed by atoms with E-state index in [9.17, 15) is 0 Å². The zero-order valence-corrected chi connectivity index (χ0v) is 12.3. The topological polar surface area (TPSA) is 12.9 Å². The van der Waals surface area contributed by atoms with Gasteiger partial charge in [-0.2, -0.15) is 0 Å². The van der Waals surface area contributed by atoms with E-state index >= 15 is 0 Å². The van der Waals surface area contributed by atoms with E-state index in [2.05, 4.69) is 74.1 Å². The summed E-state index contributed by atoms with van der Waals surface area (Å²) >= 11 is 7.10. The minimum Gasteiger partial charge on any atom is -0.251 e. The number of aromatic nitrogens is 1. The standard InChI is InChI=1S/C14H9Br2N/c1-8-10-4-2-3-5-11(10)12-6-9(15)7-13(16)14(12)17-8/h2-7H,1H3. The van der Waals surface area contributed by atoms with E-state index in [4.69, 9.17) is 0 Å². The van der Waals surface area contributed by atoms with Gasteiger partial charge in [-0.1, -0.05) is 40.2 Å². The zero-order chi connectivity index (χ0) is 12.0. The SMILES string of the molecule is Cc1nc2c(Br)cc(Br)cc2c2ccccc12. The van der Waals surface area contributed by atoms with E-state index in [1.807, 2.05) is 6.07 Å². The van der Waals surface area contributed by atoms with Crippen LogP contribution in [0.15, 0.2) is 45.3 Å². The number of hydrogen-bond donors (Lipinski definition) is 0. The second-order valence-corrected chi connectivity index (χ2v) is 5.80. The van der Waals surface area contributed by atoms with E-state index in [1.54, 1.807) is 0 Å². The van der Waals surface area contributed by atoms with Crippen molar-refractivity contribution in [3.05, 3.63) is 51.0 Å². The first kappa shape index (κ1) is 11.2. The molecule has 1 heterocycles. The maximum Gasteiger partial charge on any atom is 0.0854 e. The molecule has 0 N–H and O–H groups in total. The van der Waals surface area contributed by atoms with Crippen molar-refractivity contribution in [2.45, 2.75) is 6.92 Å². The fourth-order valence-corrected chi connectivity index (χ4v) is 3.46. The smallest absolute Gasteiger partial charge is 0.0854 e. The van der Waals surface area contributed by atoms with Crippen LogP contribution in [0.5, 0.6) is 0 Å². The van der Waals surface area contributed by atoms with E-state index in [0.29, 0.717) is 0 Å². The molecule has 3 rings (SSSR count). The largest absolute Gasteiger partial charge is 0.251 e. The number of pyridine rings is 1. The lowest BCUT2D eigenvalue weighted by atomic mass is 10.0. The summed E-state index contributed by atoms with van der Waals surface area (Å²) in [6.07, 6.45) is 0. The van der Waals surface area contributed by atoms with Crippen LogP contribution in [0.2, 0.25) is 0 Å². The number of nitrogens with zero attached hydrogens (tertiary/aromatic N) is 1. The monoisotopic (exact) mass is 349 g/mol. The van der Waals surface area contributed by atoms with Gasteiger partial charge in [0.1, 0.15) is 0 Å². The number of aryl methyl sites for hydroxylation is 1. The lowest BCUT2D eigenvalue weighted by molar-refractivity contribution is 1.28. The van der Waals surface area contributed by atoms with Gasteiger partial charge in [0, 0.05) is 25.4 Å². The highest BCUT2D eigenvalue weighted by molar-refractivity contribution is 9.11. The Bertz CT molecular complexity index is 735. The van der Waals surface area contributed by atoms with Crippen LogP contribution in [0, 0.1) is 6.92 Å². The summed E-state index contributed by atoms with van der Waals surface area (Å²) in [4.78, 5) is 4.68. The fraction of sp³-hybridized carbons (Fsp3) is 0.0714. The van der Waals surface area contributed by atoms with Crippen molar-refractivity contribution >= 4 is 53.5 Å². The number of fused-ring (bicyclic) bond motifs is 3. The third kappa shape index (κ3) is 1.78.